The SMILES string of the molecule is Cc1ccc(C(=O)Nc2nc3ccc(S(=O)(=O)N4CCCC4)cc3s2)cn1. The molecule has 1 aliphatic heterocycles. The van der Waals surface area contributed by atoms with Gasteiger partial charge in [0.25, 0.3) is 5.91 Å². The molecule has 0 spiro atoms. The van der Waals surface area contributed by atoms with Crippen molar-refractivity contribution in [1.29, 1.82) is 0 Å². The second-order valence-corrected chi connectivity index (χ2v) is 9.37. The summed E-state index contributed by atoms with van der Waals surface area (Å²) in [4.78, 5) is 21.1. The number of pyridine rings is 1. The fourth-order valence-corrected chi connectivity index (χ4v) is 5.49. The minimum atomic E-state index is -3.47. The van der Waals surface area contributed by atoms with E-state index in [2.05, 4.69) is 15.3 Å². The highest BCUT2D eigenvalue weighted by molar-refractivity contribution is 7.89. The van der Waals surface area contributed by atoms with Gasteiger partial charge >= 0.3 is 0 Å². The van der Waals surface area contributed by atoms with Crippen LogP contribution in [0.5, 0.6) is 0 Å². The van der Waals surface area contributed by atoms with Crippen molar-refractivity contribution in [1.82, 2.24) is 14.3 Å². The number of rotatable bonds is 4. The average molecular weight is 403 g/mol. The van der Waals surface area contributed by atoms with E-state index in [0.29, 0.717) is 34.0 Å². The first-order valence-electron chi connectivity index (χ1n) is 8.58. The number of fused-ring (bicyclic) bond motifs is 1. The molecule has 7 nitrogen and oxygen atoms in total. The summed E-state index contributed by atoms with van der Waals surface area (Å²) < 4.78 is 27.6. The van der Waals surface area contributed by atoms with Crippen molar-refractivity contribution in [2.24, 2.45) is 0 Å². The van der Waals surface area contributed by atoms with Gasteiger partial charge < -0.3 is 0 Å². The molecule has 1 fully saturated rings. The summed E-state index contributed by atoms with van der Waals surface area (Å²) in [5.41, 5.74) is 1.92. The minimum Gasteiger partial charge on any atom is -0.298 e. The maximum absolute atomic E-state index is 12.7. The van der Waals surface area contributed by atoms with Crippen molar-refractivity contribution in [2.45, 2.75) is 24.7 Å². The zero-order valence-electron chi connectivity index (χ0n) is 14.7. The van der Waals surface area contributed by atoms with Gasteiger partial charge in [-0.3, -0.25) is 15.1 Å². The van der Waals surface area contributed by atoms with Gasteiger partial charge in [0, 0.05) is 25.0 Å². The minimum absolute atomic E-state index is 0.265. The number of hydrogen-bond acceptors (Lipinski definition) is 6. The van der Waals surface area contributed by atoms with Gasteiger partial charge in [-0.25, -0.2) is 13.4 Å². The number of nitrogens with zero attached hydrogens (tertiary/aromatic N) is 3. The number of aromatic nitrogens is 2. The molecule has 4 rings (SSSR count). The van der Waals surface area contributed by atoms with Gasteiger partial charge in [-0.15, -0.1) is 0 Å². The molecule has 9 heteroatoms. The fraction of sp³-hybridized carbons (Fsp3) is 0.278. The molecule has 140 valence electrons. The molecule has 0 atom stereocenters. The molecule has 0 unspecified atom stereocenters. The first-order valence-corrected chi connectivity index (χ1v) is 10.8. The Hall–Kier alpha value is -2.36. The number of thiazole rings is 1. The zero-order valence-corrected chi connectivity index (χ0v) is 16.3. The van der Waals surface area contributed by atoms with Crippen LogP contribution in [0.15, 0.2) is 41.4 Å². The number of amides is 1. The zero-order chi connectivity index (χ0) is 19.0. The van der Waals surface area contributed by atoms with E-state index in [1.54, 1.807) is 30.3 Å². The summed E-state index contributed by atoms with van der Waals surface area (Å²) in [5.74, 6) is -0.300. The highest BCUT2D eigenvalue weighted by Gasteiger charge is 2.27. The molecule has 0 aliphatic carbocycles. The normalized spacial score (nSPS) is 15.3. The second-order valence-electron chi connectivity index (χ2n) is 6.40. The molecule has 1 aromatic carbocycles. The molecular weight excluding hydrogens is 384 g/mol. The first-order chi connectivity index (χ1) is 12.9. The maximum atomic E-state index is 12.7. The second kappa shape index (κ2) is 6.99. The third-order valence-corrected chi connectivity index (χ3v) is 7.28. The van der Waals surface area contributed by atoms with Gasteiger partial charge in [-0.1, -0.05) is 11.3 Å². The summed E-state index contributed by atoms with van der Waals surface area (Å²) in [6.45, 7) is 2.98. The van der Waals surface area contributed by atoms with Crippen LogP contribution >= 0.6 is 11.3 Å². The molecule has 0 saturated carbocycles. The lowest BCUT2D eigenvalue weighted by atomic mass is 10.2. The van der Waals surface area contributed by atoms with Crippen molar-refractivity contribution in [3.8, 4) is 0 Å². The highest BCUT2D eigenvalue weighted by atomic mass is 32.2. The molecule has 0 radical (unpaired) electrons. The Balaban J connectivity index is 1.59. The standard InChI is InChI=1S/C18H18N4O3S2/c1-12-4-5-13(11-19-12)17(23)21-18-20-15-7-6-14(10-16(15)26-18)27(24,25)22-8-2-3-9-22/h4-7,10-11H,2-3,8-9H2,1H3,(H,20,21,23). The largest absolute Gasteiger partial charge is 0.298 e. The Morgan fingerprint density at radius 1 is 1.19 bits per heavy atom. The number of nitrogens with one attached hydrogen (secondary N) is 1. The predicted molar refractivity (Wildman–Crippen MR) is 105 cm³/mol. The van der Waals surface area contributed by atoms with Gasteiger partial charge in [0.15, 0.2) is 5.13 Å². The molecule has 1 amide bonds. The van der Waals surface area contributed by atoms with Crippen molar-refractivity contribution in [3.63, 3.8) is 0 Å². The molecule has 1 saturated heterocycles. The molecular formula is C18H18N4O3S2. The van der Waals surface area contributed by atoms with Gasteiger partial charge in [0.05, 0.1) is 20.7 Å². The van der Waals surface area contributed by atoms with Crippen LogP contribution in [0, 0.1) is 6.92 Å². The third kappa shape index (κ3) is 3.58. The third-order valence-electron chi connectivity index (χ3n) is 4.46. The lowest BCUT2D eigenvalue weighted by molar-refractivity contribution is 0.102. The number of hydrogen-bond donors (Lipinski definition) is 1. The lowest BCUT2D eigenvalue weighted by Crippen LogP contribution is -2.27. The molecule has 2 aromatic heterocycles. The Labute approximate surface area is 161 Å². The number of anilines is 1. The van der Waals surface area contributed by atoms with E-state index in [1.165, 1.54) is 21.8 Å². The van der Waals surface area contributed by atoms with Crippen LogP contribution in [0.25, 0.3) is 10.2 Å². The van der Waals surface area contributed by atoms with Crippen LogP contribution in [0.3, 0.4) is 0 Å². The maximum Gasteiger partial charge on any atom is 0.259 e. The molecule has 1 aliphatic rings. The predicted octanol–water partition coefficient (Wildman–Crippen LogP) is 3.04. The monoisotopic (exact) mass is 402 g/mol. The fourth-order valence-electron chi connectivity index (χ4n) is 2.97. The smallest absolute Gasteiger partial charge is 0.259 e. The molecule has 0 bridgehead atoms. The van der Waals surface area contributed by atoms with Gasteiger partial charge in [0.2, 0.25) is 10.0 Å². The van der Waals surface area contributed by atoms with Crippen LogP contribution in [-0.2, 0) is 10.0 Å². The summed E-state index contributed by atoms with van der Waals surface area (Å²) >= 11 is 1.25. The van der Waals surface area contributed by atoms with Crippen molar-refractivity contribution in [2.75, 3.05) is 18.4 Å². The summed E-state index contributed by atoms with van der Waals surface area (Å²) in [6, 6.07) is 8.35. The van der Waals surface area contributed by atoms with Gasteiger partial charge in [0.1, 0.15) is 0 Å². The Morgan fingerprint density at radius 2 is 1.96 bits per heavy atom. The van der Waals surface area contributed by atoms with Crippen LogP contribution in [0.4, 0.5) is 5.13 Å². The van der Waals surface area contributed by atoms with Crippen molar-refractivity contribution >= 4 is 42.6 Å². The summed E-state index contributed by atoms with van der Waals surface area (Å²) in [6.07, 6.45) is 3.30. The Kier molecular flexibility index (Phi) is 4.67. The summed E-state index contributed by atoms with van der Waals surface area (Å²) in [7, 11) is -3.47. The molecule has 1 N–H and O–H groups in total. The van der Waals surface area contributed by atoms with E-state index in [9.17, 15) is 13.2 Å². The topological polar surface area (TPSA) is 92.3 Å². The summed E-state index contributed by atoms with van der Waals surface area (Å²) in [5, 5.41) is 3.17. The number of carbonyl (C=O) groups excluding carboxylic acids is 1. The van der Waals surface area contributed by atoms with Crippen molar-refractivity contribution < 1.29 is 13.2 Å². The number of aryl methyl sites for hydroxylation is 1. The number of benzene rings is 1. The quantitative estimate of drug-likeness (QED) is 0.724. The van der Waals surface area contributed by atoms with E-state index < -0.39 is 10.0 Å². The van der Waals surface area contributed by atoms with Gasteiger partial charge in [-0.2, -0.15) is 4.31 Å². The lowest BCUT2D eigenvalue weighted by Gasteiger charge is -2.15. The van der Waals surface area contributed by atoms with E-state index in [0.717, 1.165) is 18.5 Å². The average Bonchev–Trinajstić information content (AvgIpc) is 3.31. The van der Waals surface area contributed by atoms with Crippen LogP contribution in [0.1, 0.15) is 28.9 Å². The molecule has 3 heterocycles. The van der Waals surface area contributed by atoms with E-state index in [4.69, 9.17) is 0 Å². The van der Waals surface area contributed by atoms with Crippen LogP contribution < -0.4 is 5.32 Å². The van der Waals surface area contributed by atoms with Crippen molar-refractivity contribution in [3.05, 3.63) is 47.8 Å². The molecule has 3 aromatic rings. The van der Waals surface area contributed by atoms with E-state index in [-0.39, 0.29) is 10.8 Å². The van der Waals surface area contributed by atoms with Crippen LogP contribution in [0.2, 0.25) is 0 Å². The number of sulfonamides is 1. The van der Waals surface area contributed by atoms with Gasteiger partial charge in [-0.05, 0) is 50.1 Å². The van der Waals surface area contributed by atoms with Crippen LogP contribution in [-0.4, -0.2) is 41.7 Å². The first kappa shape index (κ1) is 18.0. The Morgan fingerprint density at radius 3 is 2.67 bits per heavy atom. The Bertz CT molecular complexity index is 1100. The number of carbonyl (C=O) groups is 1. The molecule has 27 heavy (non-hydrogen) atoms. The highest BCUT2D eigenvalue weighted by Crippen LogP contribution is 2.30. The van der Waals surface area contributed by atoms with E-state index in [1.807, 2.05) is 6.92 Å². The van der Waals surface area contributed by atoms with E-state index >= 15 is 0 Å².